The van der Waals surface area contributed by atoms with Gasteiger partial charge in [0.1, 0.15) is 0 Å². The van der Waals surface area contributed by atoms with Crippen molar-refractivity contribution in [3.8, 4) is 0 Å². The molecule has 0 radical (unpaired) electrons. The zero-order valence-corrected chi connectivity index (χ0v) is 4.25. The summed E-state index contributed by atoms with van der Waals surface area (Å²) in [6, 6.07) is 0. The van der Waals surface area contributed by atoms with Crippen LogP contribution in [0.2, 0.25) is 0 Å². The van der Waals surface area contributed by atoms with Crippen LogP contribution in [-0.4, -0.2) is 44.1 Å². The van der Waals surface area contributed by atoms with E-state index in [-0.39, 0.29) is 0 Å². The Kier molecular flexibility index (Phi) is 2.19. The van der Waals surface area contributed by atoms with E-state index < -0.39 is 13.9 Å². The van der Waals surface area contributed by atoms with Crippen LogP contribution in [0.5, 0.6) is 0 Å². The van der Waals surface area contributed by atoms with Crippen molar-refractivity contribution in [3.05, 3.63) is 0 Å². The van der Waals surface area contributed by atoms with Crippen LogP contribution in [0.25, 0.3) is 0 Å². The molecule has 0 unspecified atom stereocenters. The first-order chi connectivity index (χ1) is 3.71. The van der Waals surface area contributed by atoms with Gasteiger partial charge in [0.2, 0.25) is 0 Å². The molecule has 6 N–H and O–H groups in total. The second-order valence-corrected chi connectivity index (χ2v) is 1.46. The van der Waals surface area contributed by atoms with Crippen LogP contribution in [0.15, 0.2) is 0 Å². The van der Waals surface area contributed by atoms with Gasteiger partial charge in [-0.15, -0.1) is 0 Å². The van der Waals surface area contributed by atoms with Crippen LogP contribution in [0, 0.1) is 0 Å². The van der Waals surface area contributed by atoms with E-state index in [0.717, 1.165) is 0 Å². The minimum Gasteiger partial charge on any atom is -0.676 e. The molecule has 0 fully saturated rings. The summed E-state index contributed by atoms with van der Waals surface area (Å²) in [6.45, 7) is -8.62. The van der Waals surface area contributed by atoms with Crippen molar-refractivity contribution in [2.24, 2.45) is 0 Å². The lowest BCUT2D eigenvalue weighted by atomic mass is 9.98. The third kappa shape index (κ3) is 7.85. The average molecular weight is 140 g/mol. The fourth-order valence-electron chi connectivity index (χ4n) is 0.245. The maximum atomic E-state index is 7.84. The van der Waals surface area contributed by atoms with Crippen LogP contribution in [-0.2, 0) is 4.57 Å². The van der Waals surface area contributed by atoms with Gasteiger partial charge < -0.3 is 34.7 Å². The molecule has 0 rings (SSSR count). The van der Waals surface area contributed by atoms with Crippen LogP contribution in [0.3, 0.4) is 0 Å². The van der Waals surface area contributed by atoms with Crippen LogP contribution in [0.1, 0.15) is 0 Å². The van der Waals surface area contributed by atoms with Gasteiger partial charge in [-0.2, -0.15) is 0 Å². The second-order valence-electron chi connectivity index (χ2n) is 1.46. The molecule has 0 heterocycles. The lowest BCUT2D eigenvalue weighted by Crippen LogP contribution is -2.53. The highest BCUT2D eigenvalue weighted by atomic mass is 16.8. The molecule has 0 saturated heterocycles. The van der Waals surface area contributed by atoms with E-state index in [4.69, 9.17) is 30.1 Å². The topological polar surface area (TPSA) is 131 Å². The minimum absolute atomic E-state index is 3.08. The first-order valence-corrected chi connectivity index (χ1v) is 2.02. The van der Waals surface area contributed by atoms with E-state index in [1.807, 2.05) is 0 Å². The number of hydrogen-bond donors (Lipinski definition) is 6. The van der Waals surface area contributed by atoms with Gasteiger partial charge in [0.15, 0.2) is 0 Å². The van der Waals surface area contributed by atoms with Crippen molar-refractivity contribution >= 4 is 13.9 Å². The van der Waals surface area contributed by atoms with Crippen molar-refractivity contribution in [1.29, 1.82) is 0 Å². The van der Waals surface area contributed by atoms with E-state index >= 15 is 0 Å². The Labute approximate surface area is 49.8 Å². The number of rotatable bonds is 2. The lowest BCUT2D eigenvalue weighted by molar-refractivity contribution is 0.0406. The van der Waals surface area contributed by atoms with Crippen molar-refractivity contribution < 1.29 is 34.7 Å². The molecule has 56 valence electrons. The SMILES string of the molecule is O[B-](O)(O)O[B-](O)(O)O. The molecule has 9 heteroatoms. The molecular formula is H6B2O7-2. The third-order valence-electron chi connectivity index (χ3n) is 0.365. The molecule has 0 atom stereocenters. The molecule has 0 amide bonds. The Balaban J connectivity index is 3.75. The molecule has 0 aromatic carbocycles. The summed E-state index contributed by atoms with van der Waals surface area (Å²) < 4.78 is 3.08. The standard InChI is InChI=1S/B2H6O7/c3-1(4,5)9-2(6,7)8/h3-8H/q-2. The highest BCUT2D eigenvalue weighted by Gasteiger charge is 2.25. The highest BCUT2D eigenvalue weighted by molar-refractivity contribution is 6.63. The molecule has 0 spiro atoms. The number of hydrogen-bond acceptors (Lipinski definition) is 7. The van der Waals surface area contributed by atoms with Gasteiger partial charge in [0.05, 0.1) is 0 Å². The Morgan fingerprint density at radius 1 is 0.667 bits per heavy atom. The molecule has 0 aromatic heterocycles. The fraction of sp³-hybridized carbons (Fsp3) is 0. The van der Waals surface area contributed by atoms with Gasteiger partial charge in [-0.1, -0.05) is 0 Å². The Morgan fingerprint density at radius 2 is 0.889 bits per heavy atom. The summed E-state index contributed by atoms with van der Waals surface area (Å²) in [5.41, 5.74) is 0. The largest absolute Gasteiger partial charge is 0.676 e. The van der Waals surface area contributed by atoms with Crippen molar-refractivity contribution in [2.75, 3.05) is 0 Å². The molecule has 0 aromatic rings. The normalized spacial score (nSPS) is 14.0. The molecule has 0 bridgehead atoms. The average Bonchev–Trinajstić information content (AvgIpc) is 1.14. The summed E-state index contributed by atoms with van der Waals surface area (Å²) in [5.74, 6) is 0. The van der Waals surface area contributed by atoms with Crippen molar-refractivity contribution in [1.82, 2.24) is 0 Å². The first-order valence-electron chi connectivity index (χ1n) is 2.02. The fourth-order valence-corrected chi connectivity index (χ4v) is 0.245. The summed E-state index contributed by atoms with van der Waals surface area (Å²) >= 11 is 0. The quantitative estimate of drug-likeness (QED) is 0.214. The molecule has 0 aliphatic rings. The Hall–Kier alpha value is -0.150. The van der Waals surface area contributed by atoms with Gasteiger partial charge in [0, 0.05) is 0 Å². The summed E-state index contributed by atoms with van der Waals surface area (Å²) in [7, 11) is 0. The first kappa shape index (κ1) is 8.85. The van der Waals surface area contributed by atoms with E-state index in [1.165, 1.54) is 0 Å². The molecule has 9 heavy (non-hydrogen) atoms. The highest BCUT2D eigenvalue weighted by Crippen LogP contribution is 1.95. The monoisotopic (exact) mass is 140 g/mol. The van der Waals surface area contributed by atoms with Gasteiger partial charge in [-0.05, 0) is 0 Å². The van der Waals surface area contributed by atoms with Crippen molar-refractivity contribution in [2.45, 2.75) is 0 Å². The van der Waals surface area contributed by atoms with Gasteiger partial charge in [0.25, 0.3) is 0 Å². The molecule has 0 aliphatic carbocycles. The predicted octanol–water partition coefficient (Wildman–Crippen LogP) is -4.17. The van der Waals surface area contributed by atoms with E-state index in [9.17, 15) is 0 Å². The van der Waals surface area contributed by atoms with Crippen LogP contribution < -0.4 is 0 Å². The summed E-state index contributed by atoms with van der Waals surface area (Å²) in [5, 5.41) is 47.0. The predicted molar refractivity (Wildman–Crippen MR) is 25.9 cm³/mol. The van der Waals surface area contributed by atoms with E-state index in [2.05, 4.69) is 4.57 Å². The zero-order chi connectivity index (χ0) is 7.71. The summed E-state index contributed by atoms with van der Waals surface area (Å²) in [4.78, 5) is 0. The minimum atomic E-state index is -4.31. The van der Waals surface area contributed by atoms with Gasteiger partial charge in [-0.3, -0.25) is 0 Å². The lowest BCUT2D eigenvalue weighted by Gasteiger charge is -2.35. The van der Waals surface area contributed by atoms with Crippen LogP contribution >= 0.6 is 0 Å². The maximum Gasteiger partial charge on any atom is 0.486 e. The van der Waals surface area contributed by atoms with Gasteiger partial charge >= 0.3 is 13.9 Å². The second kappa shape index (κ2) is 2.23. The molecule has 7 nitrogen and oxygen atoms in total. The smallest absolute Gasteiger partial charge is 0.486 e. The molecule has 0 saturated carbocycles. The van der Waals surface area contributed by atoms with E-state index in [0.29, 0.717) is 0 Å². The molecule has 0 aliphatic heterocycles. The van der Waals surface area contributed by atoms with E-state index in [1.54, 1.807) is 0 Å². The maximum absolute atomic E-state index is 7.84. The van der Waals surface area contributed by atoms with Crippen molar-refractivity contribution in [3.63, 3.8) is 0 Å². The van der Waals surface area contributed by atoms with Crippen LogP contribution in [0.4, 0.5) is 0 Å². The Morgan fingerprint density at radius 3 is 0.889 bits per heavy atom. The zero-order valence-electron chi connectivity index (χ0n) is 4.25. The summed E-state index contributed by atoms with van der Waals surface area (Å²) in [6.07, 6.45) is 0. The van der Waals surface area contributed by atoms with Gasteiger partial charge in [-0.25, -0.2) is 0 Å². The third-order valence-corrected chi connectivity index (χ3v) is 0.365. The molecular weight excluding hydrogens is 134 g/mol. The Bertz CT molecular complexity index is 72.1.